The molecule has 128 valence electrons. The lowest BCUT2D eigenvalue weighted by atomic mass is 10.2. The summed E-state index contributed by atoms with van der Waals surface area (Å²) < 4.78 is 4.48. The van der Waals surface area contributed by atoms with Crippen LogP contribution in [0.4, 0.5) is 0 Å². The molecule has 3 heterocycles. The third-order valence-corrected chi connectivity index (χ3v) is 4.68. The van der Waals surface area contributed by atoms with E-state index in [0.29, 0.717) is 17.6 Å². The van der Waals surface area contributed by atoms with Crippen LogP contribution in [-0.2, 0) is 27.1 Å². The van der Waals surface area contributed by atoms with Crippen LogP contribution in [-0.4, -0.2) is 23.7 Å². The van der Waals surface area contributed by atoms with Crippen molar-refractivity contribution in [1.29, 1.82) is 0 Å². The van der Waals surface area contributed by atoms with Gasteiger partial charge in [0, 0.05) is 31.7 Å². The maximum absolute atomic E-state index is 12.9. The molecular weight excluding hydrogens is 318 g/mol. The first kappa shape index (κ1) is 15.4. The zero-order valence-electron chi connectivity index (χ0n) is 14.4. The monoisotopic (exact) mass is 337 g/mol. The second kappa shape index (κ2) is 5.47. The van der Waals surface area contributed by atoms with Crippen LogP contribution in [0.1, 0.15) is 18.4 Å². The predicted octanol–water partition coefficient (Wildman–Crippen LogP) is 1.53. The smallest absolute Gasteiger partial charge is 0.332 e. The lowest BCUT2D eigenvalue weighted by Gasteiger charge is -2.07. The number of nitrogens with one attached hydrogen (secondary N) is 1. The molecule has 1 aromatic carbocycles. The number of hydrogen-bond acceptors (Lipinski definition) is 3. The molecule has 7 nitrogen and oxygen atoms in total. The molecular formula is C18H19N5O2. The van der Waals surface area contributed by atoms with E-state index in [1.807, 2.05) is 44.3 Å². The molecule has 4 aromatic rings. The highest BCUT2D eigenvalue weighted by molar-refractivity contribution is 5.80. The summed E-state index contributed by atoms with van der Waals surface area (Å²) in [4.78, 5) is 33.3. The van der Waals surface area contributed by atoms with Crippen molar-refractivity contribution in [2.75, 3.05) is 0 Å². The lowest BCUT2D eigenvalue weighted by molar-refractivity contribution is 0.648. The Morgan fingerprint density at radius 2 is 1.88 bits per heavy atom. The van der Waals surface area contributed by atoms with E-state index in [-0.39, 0.29) is 17.8 Å². The van der Waals surface area contributed by atoms with Gasteiger partial charge in [-0.3, -0.25) is 13.9 Å². The zero-order valence-corrected chi connectivity index (χ0v) is 14.4. The molecule has 0 aliphatic carbocycles. The van der Waals surface area contributed by atoms with Gasteiger partial charge in [0.1, 0.15) is 5.82 Å². The largest absolute Gasteiger partial charge is 0.357 e. The van der Waals surface area contributed by atoms with Crippen molar-refractivity contribution in [3.8, 4) is 0 Å². The standard InChI is InChI=1S/C18H19N5O2/c1-4-14-20-16-15(21(14)2)17(24)23(18(25)22(16)3)10-12-9-11-7-5-6-8-13(11)19-12/h5-9,19H,4,10H2,1-3H3. The zero-order chi connectivity index (χ0) is 17.7. The van der Waals surface area contributed by atoms with Gasteiger partial charge in [0.25, 0.3) is 5.56 Å². The lowest BCUT2D eigenvalue weighted by Crippen LogP contribution is -2.39. The van der Waals surface area contributed by atoms with Crippen LogP contribution in [0.25, 0.3) is 22.1 Å². The van der Waals surface area contributed by atoms with E-state index in [4.69, 9.17) is 0 Å². The molecule has 0 spiro atoms. The van der Waals surface area contributed by atoms with Gasteiger partial charge in [0.15, 0.2) is 11.2 Å². The molecule has 0 amide bonds. The molecule has 0 aliphatic rings. The Morgan fingerprint density at radius 3 is 2.60 bits per heavy atom. The second-order valence-electron chi connectivity index (χ2n) is 6.23. The van der Waals surface area contributed by atoms with Crippen molar-refractivity contribution in [2.45, 2.75) is 19.9 Å². The number of aromatic amines is 1. The quantitative estimate of drug-likeness (QED) is 0.616. The minimum absolute atomic E-state index is 0.197. The van der Waals surface area contributed by atoms with E-state index in [2.05, 4.69) is 9.97 Å². The topological polar surface area (TPSA) is 77.6 Å². The summed E-state index contributed by atoms with van der Waals surface area (Å²) in [5, 5.41) is 1.05. The molecule has 7 heteroatoms. The minimum atomic E-state index is -0.364. The van der Waals surface area contributed by atoms with E-state index in [9.17, 15) is 9.59 Å². The number of para-hydroxylation sites is 1. The van der Waals surface area contributed by atoms with Gasteiger partial charge in [0.2, 0.25) is 0 Å². The van der Waals surface area contributed by atoms with E-state index in [1.165, 1.54) is 9.13 Å². The number of aromatic nitrogens is 5. The number of aryl methyl sites for hydroxylation is 3. The fourth-order valence-electron chi connectivity index (χ4n) is 3.33. The van der Waals surface area contributed by atoms with Crippen molar-refractivity contribution in [2.24, 2.45) is 14.1 Å². The minimum Gasteiger partial charge on any atom is -0.357 e. The molecule has 1 N–H and O–H groups in total. The van der Waals surface area contributed by atoms with Crippen molar-refractivity contribution in [3.05, 3.63) is 62.7 Å². The van der Waals surface area contributed by atoms with Gasteiger partial charge in [-0.15, -0.1) is 0 Å². The van der Waals surface area contributed by atoms with Crippen molar-refractivity contribution < 1.29 is 0 Å². The fraction of sp³-hybridized carbons (Fsp3) is 0.278. The molecule has 0 radical (unpaired) electrons. The van der Waals surface area contributed by atoms with Crippen LogP contribution >= 0.6 is 0 Å². The SMILES string of the molecule is CCc1nc2c(c(=O)n(Cc3cc4ccccc4[nH]3)c(=O)n2C)n1C. The summed E-state index contributed by atoms with van der Waals surface area (Å²) in [6, 6.07) is 9.83. The highest BCUT2D eigenvalue weighted by atomic mass is 16.2. The van der Waals surface area contributed by atoms with Gasteiger partial charge in [-0.2, -0.15) is 0 Å². The maximum Gasteiger partial charge on any atom is 0.332 e. The molecule has 0 fully saturated rings. The van der Waals surface area contributed by atoms with E-state index < -0.39 is 0 Å². The van der Waals surface area contributed by atoms with Gasteiger partial charge in [-0.05, 0) is 17.5 Å². The Kier molecular flexibility index (Phi) is 3.38. The number of fused-ring (bicyclic) bond motifs is 2. The van der Waals surface area contributed by atoms with Crippen LogP contribution in [0.15, 0.2) is 39.9 Å². The Balaban J connectivity index is 1.93. The number of rotatable bonds is 3. The predicted molar refractivity (Wildman–Crippen MR) is 97.0 cm³/mol. The first-order valence-corrected chi connectivity index (χ1v) is 8.23. The normalized spacial score (nSPS) is 11.6. The summed E-state index contributed by atoms with van der Waals surface area (Å²) in [6.45, 7) is 2.17. The number of imidazole rings is 1. The second-order valence-corrected chi connectivity index (χ2v) is 6.23. The summed E-state index contributed by atoms with van der Waals surface area (Å²) in [5.41, 5.74) is 2.01. The molecule has 0 aliphatic heterocycles. The fourth-order valence-corrected chi connectivity index (χ4v) is 3.33. The first-order chi connectivity index (χ1) is 12.0. The number of hydrogen-bond donors (Lipinski definition) is 1. The van der Waals surface area contributed by atoms with E-state index in [0.717, 1.165) is 22.4 Å². The van der Waals surface area contributed by atoms with Gasteiger partial charge in [-0.1, -0.05) is 25.1 Å². The summed E-state index contributed by atoms with van der Waals surface area (Å²) in [5.74, 6) is 0.783. The van der Waals surface area contributed by atoms with Crippen molar-refractivity contribution in [1.82, 2.24) is 23.7 Å². The average molecular weight is 337 g/mol. The molecule has 0 saturated carbocycles. The Bertz CT molecular complexity index is 1190. The van der Waals surface area contributed by atoms with Gasteiger partial charge >= 0.3 is 5.69 Å². The number of nitrogens with zero attached hydrogens (tertiary/aromatic N) is 4. The Labute approximate surface area is 143 Å². The van der Waals surface area contributed by atoms with Crippen molar-refractivity contribution >= 4 is 22.1 Å². The van der Waals surface area contributed by atoms with Gasteiger partial charge in [0.05, 0.1) is 6.54 Å². The highest BCUT2D eigenvalue weighted by Crippen LogP contribution is 2.15. The molecule has 0 bridgehead atoms. The Hall–Kier alpha value is -3.09. The van der Waals surface area contributed by atoms with Crippen molar-refractivity contribution in [3.63, 3.8) is 0 Å². The third kappa shape index (κ3) is 2.23. The first-order valence-electron chi connectivity index (χ1n) is 8.23. The third-order valence-electron chi connectivity index (χ3n) is 4.68. The summed E-state index contributed by atoms with van der Waals surface area (Å²) in [6.07, 6.45) is 0.695. The van der Waals surface area contributed by atoms with Crippen LogP contribution in [0, 0.1) is 0 Å². The van der Waals surface area contributed by atoms with E-state index >= 15 is 0 Å². The number of benzene rings is 1. The molecule has 4 rings (SSSR count). The highest BCUT2D eigenvalue weighted by Gasteiger charge is 2.18. The van der Waals surface area contributed by atoms with Gasteiger partial charge in [-0.25, -0.2) is 9.78 Å². The summed E-state index contributed by atoms with van der Waals surface area (Å²) >= 11 is 0. The van der Waals surface area contributed by atoms with E-state index in [1.54, 1.807) is 11.6 Å². The van der Waals surface area contributed by atoms with Crippen LogP contribution in [0.5, 0.6) is 0 Å². The van der Waals surface area contributed by atoms with Crippen LogP contribution in [0.2, 0.25) is 0 Å². The maximum atomic E-state index is 12.9. The van der Waals surface area contributed by atoms with Gasteiger partial charge < -0.3 is 9.55 Å². The molecule has 0 saturated heterocycles. The van der Waals surface area contributed by atoms with Crippen LogP contribution < -0.4 is 11.2 Å². The number of H-pyrrole nitrogens is 1. The molecule has 0 unspecified atom stereocenters. The summed E-state index contributed by atoms with van der Waals surface area (Å²) in [7, 11) is 3.46. The molecule has 3 aromatic heterocycles. The average Bonchev–Trinajstić information content (AvgIpc) is 3.17. The van der Waals surface area contributed by atoms with Crippen LogP contribution in [0.3, 0.4) is 0 Å². The Morgan fingerprint density at radius 1 is 1.12 bits per heavy atom. The molecule has 0 atom stereocenters. The molecule has 25 heavy (non-hydrogen) atoms.